The zero-order chi connectivity index (χ0) is 22.0. The minimum Gasteiger partial charge on any atom is -0.485 e. The van der Waals surface area contributed by atoms with Crippen LogP contribution in [0.1, 0.15) is 41.0 Å². The fraction of sp³-hybridized carbons (Fsp3) is 0.304. The summed E-state index contributed by atoms with van der Waals surface area (Å²) in [6, 6.07) is 12.6. The summed E-state index contributed by atoms with van der Waals surface area (Å²) >= 11 is 2.15. The minimum atomic E-state index is -0.532. The van der Waals surface area contributed by atoms with Crippen molar-refractivity contribution >= 4 is 51.1 Å². The molecular formula is C23H22IN3O4. The summed E-state index contributed by atoms with van der Waals surface area (Å²) in [5.41, 5.74) is 3.14. The van der Waals surface area contributed by atoms with Gasteiger partial charge in [-0.2, -0.15) is 0 Å². The van der Waals surface area contributed by atoms with Crippen LogP contribution in [0.4, 0.5) is 0 Å². The van der Waals surface area contributed by atoms with Crippen molar-refractivity contribution in [3.8, 4) is 5.75 Å². The number of Topliss-reactive ketones (excluding diaryl/α,β-unsaturated/α-hetero) is 2. The summed E-state index contributed by atoms with van der Waals surface area (Å²) in [6.45, 7) is 0.561. The number of H-pyrrole nitrogens is 1. The van der Waals surface area contributed by atoms with E-state index in [0.29, 0.717) is 36.5 Å². The van der Waals surface area contributed by atoms with Crippen molar-refractivity contribution in [3.63, 3.8) is 0 Å². The first-order valence-electron chi connectivity index (χ1n) is 10.0. The van der Waals surface area contributed by atoms with Crippen molar-refractivity contribution in [2.75, 3.05) is 4.93 Å². The largest absolute Gasteiger partial charge is 0.485 e. The van der Waals surface area contributed by atoms with Gasteiger partial charge in [-0.1, -0.05) is 40.8 Å². The number of alkyl halides is 1. The van der Waals surface area contributed by atoms with Crippen molar-refractivity contribution in [2.45, 2.75) is 38.5 Å². The fourth-order valence-electron chi connectivity index (χ4n) is 4.12. The van der Waals surface area contributed by atoms with E-state index in [2.05, 4.69) is 32.6 Å². The van der Waals surface area contributed by atoms with E-state index >= 15 is 0 Å². The Hall–Kier alpha value is -2.75. The molecule has 8 heteroatoms. The molecule has 0 spiro atoms. The standard InChI is InChI=1S/C22H19N3O4.CH3I/c26-13-8-9-18(19(27)10-13)25-11-15-14(22(25)28)4-3-7-20(15)29-12-21-23-16-5-1-2-6-17(16)24-21;1-2/h1-7,18H,8-12H2,(H,23,24);1H3. The summed E-state index contributed by atoms with van der Waals surface area (Å²) in [5.74, 6) is 0.906. The molecule has 1 N–H and O–H groups in total. The Labute approximate surface area is 193 Å². The predicted octanol–water partition coefficient (Wildman–Crippen LogP) is 3.84. The number of para-hydroxylation sites is 2. The molecular weight excluding hydrogens is 509 g/mol. The van der Waals surface area contributed by atoms with E-state index in [1.807, 2.05) is 35.3 Å². The maximum Gasteiger partial charge on any atom is 0.255 e. The van der Waals surface area contributed by atoms with Crippen molar-refractivity contribution < 1.29 is 19.1 Å². The number of nitrogens with one attached hydrogen (secondary N) is 1. The molecule has 0 saturated heterocycles. The van der Waals surface area contributed by atoms with Crippen molar-refractivity contribution in [3.05, 3.63) is 59.4 Å². The molecule has 0 radical (unpaired) electrons. The summed E-state index contributed by atoms with van der Waals surface area (Å²) in [4.78, 5) is 48.0. The predicted molar refractivity (Wildman–Crippen MR) is 124 cm³/mol. The molecule has 1 aliphatic carbocycles. The first-order chi connectivity index (χ1) is 15.1. The highest BCUT2D eigenvalue weighted by Crippen LogP contribution is 2.34. The Balaban J connectivity index is 0.00000112. The van der Waals surface area contributed by atoms with Crippen molar-refractivity contribution in [1.29, 1.82) is 0 Å². The lowest BCUT2D eigenvalue weighted by Crippen LogP contribution is -2.44. The molecule has 1 aliphatic heterocycles. The second-order valence-electron chi connectivity index (χ2n) is 7.44. The van der Waals surface area contributed by atoms with Gasteiger partial charge in [-0.3, -0.25) is 14.4 Å². The third-order valence-corrected chi connectivity index (χ3v) is 5.57. The number of aromatic nitrogens is 2. The summed E-state index contributed by atoms with van der Waals surface area (Å²) in [5, 5.41) is 0. The van der Waals surface area contributed by atoms with Gasteiger partial charge in [-0.05, 0) is 35.6 Å². The number of amides is 1. The van der Waals surface area contributed by atoms with Crippen LogP contribution >= 0.6 is 22.6 Å². The summed E-state index contributed by atoms with van der Waals surface area (Å²) in [7, 11) is 0. The Bertz CT molecular complexity index is 1120. The second-order valence-corrected chi connectivity index (χ2v) is 7.44. The van der Waals surface area contributed by atoms with Crippen LogP contribution in [-0.2, 0) is 22.7 Å². The van der Waals surface area contributed by atoms with Gasteiger partial charge in [0.2, 0.25) is 0 Å². The van der Waals surface area contributed by atoms with E-state index in [-0.39, 0.29) is 30.5 Å². The van der Waals surface area contributed by atoms with Gasteiger partial charge in [0.1, 0.15) is 24.0 Å². The zero-order valence-electron chi connectivity index (χ0n) is 17.1. The van der Waals surface area contributed by atoms with Gasteiger partial charge in [0.15, 0.2) is 5.78 Å². The Kier molecular flexibility index (Phi) is 6.35. The number of halogens is 1. The number of carbonyl (C=O) groups excluding carboxylic acids is 3. The van der Waals surface area contributed by atoms with E-state index in [4.69, 9.17) is 4.74 Å². The van der Waals surface area contributed by atoms with Crippen LogP contribution in [0.25, 0.3) is 11.0 Å². The Morgan fingerprint density at radius 2 is 1.94 bits per heavy atom. The van der Waals surface area contributed by atoms with Crippen LogP contribution < -0.4 is 4.74 Å². The van der Waals surface area contributed by atoms with E-state index in [1.165, 1.54) is 0 Å². The van der Waals surface area contributed by atoms with Crippen LogP contribution in [0.3, 0.4) is 0 Å². The number of nitrogens with zero attached hydrogens (tertiary/aromatic N) is 2. The lowest BCUT2D eigenvalue weighted by molar-refractivity contribution is -0.133. The molecule has 2 heterocycles. The Morgan fingerprint density at radius 1 is 1.13 bits per heavy atom. The second kappa shape index (κ2) is 9.17. The SMILES string of the molecule is CI.O=C1CCC(N2Cc3c(OCc4nc5ccccc5[nH]4)cccc3C2=O)C(=O)C1. The molecule has 2 aromatic carbocycles. The number of imidazole rings is 1. The highest BCUT2D eigenvalue weighted by molar-refractivity contribution is 14.1. The van der Waals surface area contributed by atoms with Gasteiger partial charge in [0.05, 0.1) is 30.0 Å². The van der Waals surface area contributed by atoms with Crippen molar-refractivity contribution in [1.82, 2.24) is 14.9 Å². The quantitative estimate of drug-likeness (QED) is 0.314. The van der Waals surface area contributed by atoms with Crippen LogP contribution in [0, 0.1) is 0 Å². The monoisotopic (exact) mass is 531 g/mol. The summed E-state index contributed by atoms with van der Waals surface area (Å²) in [6.07, 6.45) is 0.652. The normalized spacial score (nSPS) is 18.1. The number of rotatable bonds is 4. The molecule has 1 unspecified atom stereocenters. The molecule has 160 valence electrons. The van der Waals surface area contributed by atoms with Gasteiger partial charge in [-0.25, -0.2) is 4.98 Å². The number of hydrogen-bond acceptors (Lipinski definition) is 5. The molecule has 1 amide bonds. The topological polar surface area (TPSA) is 92.4 Å². The van der Waals surface area contributed by atoms with E-state index in [0.717, 1.165) is 16.6 Å². The molecule has 1 aromatic heterocycles. The van der Waals surface area contributed by atoms with Gasteiger partial charge in [0.25, 0.3) is 5.91 Å². The van der Waals surface area contributed by atoms with Gasteiger partial charge < -0.3 is 14.6 Å². The van der Waals surface area contributed by atoms with E-state index < -0.39 is 6.04 Å². The highest BCUT2D eigenvalue weighted by Gasteiger charge is 2.39. The van der Waals surface area contributed by atoms with Crippen LogP contribution in [0.5, 0.6) is 5.75 Å². The number of benzene rings is 2. The molecule has 3 aromatic rings. The number of carbonyl (C=O) groups is 3. The van der Waals surface area contributed by atoms with Gasteiger partial charge in [-0.15, -0.1) is 0 Å². The molecule has 1 fully saturated rings. The minimum absolute atomic E-state index is 0.0507. The number of ketones is 2. The third kappa shape index (κ3) is 4.21. The summed E-state index contributed by atoms with van der Waals surface area (Å²) < 4.78 is 5.98. The van der Waals surface area contributed by atoms with Crippen molar-refractivity contribution in [2.24, 2.45) is 0 Å². The zero-order valence-corrected chi connectivity index (χ0v) is 19.2. The smallest absolute Gasteiger partial charge is 0.255 e. The molecule has 1 atom stereocenters. The maximum absolute atomic E-state index is 12.9. The van der Waals surface area contributed by atoms with E-state index in [9.17, 15) is 14.4 Å². The maximum atomic E-state index is 12.9. The first kappa shape index (κ1) is 21.5. The first-order valence-corrected chi connectivity index (χ1v) is 12.2. The Morgan fingerprint density at radius 3 is 2.71 bits per heavy atom. The number of fused-ring (bicyclic) bond motifs is 2. The molecule has 7 nitrogen and oxygen atoms in total. The molecule has 5 rings (SSSR count). The van der Waals surface area contributed by atoms with Crippen LogP contribution in [-0.4, -0.2) is 43.3 Å². The molecule has 1 saturated carbocycles. The average Bonchev–Trinajstić information content (AvgIpc) is 3.35. The van der Waals surface area contributed by atoms with Gasteiger partial charge in [0, 0.05) is 17.5 Å². The lowest BCUT2D eigenvalue weighted by atomic mass is 9.92. The fourth-order valence-corrected chi connectivity index (χ4v) is 4.12. The lowest BCUT2D eigenvalue weighted by Gasteiger charge is -2.29. The highest BCUT2D eigenvalue weighted by atomic mass is 127. The number of aromatic amines is 1. The number of hydrogen-bond donors (Lipinski definition) is 1. The average molecular weight is 531 g/mol. The molecule has 0 bridgehead atoms. The van der Waals surface area contributed by atoms with E-state index in [1.54, 1.807) is 17.0 Å². The third-order valence-electron chi connectivity index (χ3n) is 5.57. The molecule has 31 heavy (non-hydrogen) atoms. The van der Waals surface area contributed by atoms with Crippen LogP contribution in [0.15, 0.2) is 42.5 Å². The van der Waals surface area contributed by atoms with Crippen LogP contribution in [0.2, 0.25) is 0 Å². The molecule has 2 aliphatic rings. The van der Waals surface area contributed by atoms with Gasteiger partial charge >= 0.3 is 0 Å². The number of ether oxygens (including phenoxy) is 1.